The standard InChI is InChI=1S/C14H15F3N4O2S/c1-9-6-20(4-5-23-9)12(22)8-24-13-19-18-11-3-2-10(7-21(11)13)14(15,16)17/h2-3,7,9H,4-6,8H2,1H3. The Morgan fingerprint density at radius 1 is 1.42 bits per heavy atom. The summed E-state index contributed by atoms with van der Waals surface area (Å²) in [6.07, 6.45) is -3.52. The first-order valence-corrected chi connectivity index (χ1v) is 8.27. The average molecular weight is 360 g/mol. The molecule has 1 saturated heterocycles. The number of hydrogen-bond donors (Lipinski definition) is 0. The Morgan fingerprint density at radius 2 is 2.21 bits per heavy atom. The summed E-state index contributed by atoms with van der Waals surface area (Å²) < 4.78 is 45.1. The van der Waals surface area contributed by atoms with Crippen molar-refractivity contribution in [2.24, 2.45) is 0 Å². The van der Waals surface area contributed by atoms with Gasteiger partial charge in [-0.3, -0.25) is 9.20 Å². The smallest absolute Gasteiger partial charge is 0.375 e. The molecule has 0 N–H and O–H groups in total. The largest absolute Gasteiger partial charge is 0.417 e. The van der Waals surface area contributed by atoms with E-state index in [9.17, 15) is 18.0 Å². The molecule has 10 heteroatoms. The summed E-state index contributed by atoms with van der Waals surface area (Å²) in [4.78, 5) is 13.9. The van der Waals surface area contributed by atoms with Gasteiger partial charge in [-0.05, 0) is 19.1 Å². The van der Waals surface area contributed by atoms with Crippen LogP contribution in [0.15, 0.2) is 23.5 Å². The number of fused-ring (bicyclic) bond motifs is 1. The zero-order valence-electron chi connectivity index (χ0n) is 12.8. The monoisotopic (exact) mass is 360 g/mol. The van der Waals surface area contributed by atoms with Crippen molar-refractivity contribution in [2.75, 3.05) is 25.4 Å². The van der Waals surface area contributed by atoms with Gasteiger partial charge in [0.2, 0.25) is 5.91 Å². The predicted octanol–water partition coefficient (Wildman–Crippen LogP) is 2.09. The number of amides is 1. The first kappa shape index (κ1) is 17.0. The van der Waals surface area contributed by atoms with E-state index < -0.39 is 11.7 Å². The lowest BCUT2D eigenvalue weighted by Crippen LogP contribution is -2.45. The summed E-state index contributed by atoms with van der Waals surface area (Å²) in [5.74, 6) is -0.0112. The highest BCUT2D eigenvalue weighted by atomic mass is 32.2. The SMILES string of the molecule is CC1CN(C(=O)CSc2nnc3ccc(C(F)(F)F)cn23)CCO1. The van der Waals surface area contributed by atoms with Gasteiger partial charge in [0.25, 0.3) is 0 Å². The van der Waals surface area contributed by atoms with Gasteiger partial charge in [-0.15, -0.1) is 10.2 Å². The van der Waals surface area contributed by atoms with Gasteiger partial charge in [0.1, 0.15) is 0 Å². The molecular weight excluding hydrogens is 345 g/mol. The van der Waals surface area contributed by atoms with Gasteiger partial charge in [-0.2, -0.15) is 13.2 Å². The molecule has 1 unspecified atom stereocenters. The van der Waals surface area contributed by atoms with Gasteiger partial charge in [0.15, 0.2) is 10.8 Å². The lowest BCUT2D eigenvalue weighted by atomic mass is 10.3. The number of thioether (sulfide) groups is 1. The van der Waals surface area contributed by atoms with Crippen molar-refractivity contribution >= 4 is 23.3 Å². The summed E-state index contributed by atoms with van der Waals surface area (Å²) in [7, 11) is 0. The Balaban J connectivity index is 1.72. The summed E-state index contributed by atoms with van der Waals surface area (Å²) >= 11 is 1.07. The van der Waals surface area contributed by atoms with Crippen LogP contribution in [0.4, 0.5) is 13.2 Å². The molecule has 0 saturated carbocycles. The number of ether oxygens (including phenoxy) is 1. The highest BCUT2D eigenvalue weighted by molar-refractivity contribution is 7.99. The highest BCUT2D eigenvalue weighted by Gasteiger charge is 2.31. The fraction of sp³-hybridized carbons (Fsp3) is 0.500. The Labute approximate surface area is 140 Å². The molecule has 1 amide bonds. The second-order valence-corrected chi connectivity index (χ2v) is 6.38. The van der Waals surface area contributed by atoms with Crippen LogP contribution < -0.4 is 0 Å². The molecule has 24 heavy (non-hydrogen) atoms. The molecule has 3 rings (SSSR count). The molecule has 1 atom stereocenters. The Bertz CT molecular complexity index is 749. The van der Waals surface area contributed by atoms with Crippen LogP contribution in [-0.2, 0) is 15.7 Å². The molecule has 130 valence electrons. The second-order valence-electron chi connectivity index (χ2n) is 5.44. The van der Waals surface area contributed by atoms with E-state index in [0.29, 0.717) is 25.3 Å². The Kier molecular flexibility index (Phi) is 4.68. The van der Waals surface area contributed by atoms with Crippen LogP contribution in [0.5, 0.6) is 0 Å². The van der Waals surface area contributed by atoms with E-state index in [-0.39, 0.29) is 22.9 Å². The molecule has 0 bridgehead atoms. The third kappa shape index (κ3) is 3.64. The number of aromatic nitrogens is 3. The quantitative estimate of drug-likeness (QED) is 0.785. The topological polar surface area (TPSA) is 59.7 Å². The van der Waals surface area contributed by atoms with Crippen molar-refractivity contribution in [3.05, 3.63) is 23.9 Å². The van der Waals surface area contributed by atoms with Crippen LogP contribution in [-0.4, -0.2) is 57.0 Å². The number of nitrogens with zero attached hydrogens (tertiary/aromatic N) is 4. The lowest BCUT2D eigenvalue weighted by Gasteiger charge is -2.31. The summed E-state index contributed by atoms with van der Waals surface area (Å²) in [6.45, 7) is 3.40. The van der Waals surface area contributed by atoms with Crippen molar-refractivity contribution in [1.82, 2.24) is 19.5 Å². The first-order chi connectivity index (χ1) is 11.3. The number of hydrogen-bond acceptors (Lipinski definition) is 5. The van der Waals surface area contributed by atoms with Crippen molar-refractivity contribution in [1.29, 1.82) is 0 Å². The van der Waals surface area contributed by atoms with E-state index in [1.54, 1.807) is 4.90 Å². The second kappa shape index (κ2) is 6.60. The van der Waals surface area contributed by atoms with Crippen LogP contribution in [0.3, 0.4) is 0 Å². The number of halogens is 3. The third-order valence-electron chi connectivity index (χ3n) is 3.62. The van der Waals surface area contributed by atoms with Gasteiger partial charge in [-0.1, -0.05) is 11.8 Å². The Morgan fingerprint density at radius 3 is 2.92 bits per heavy atom. The summed E-state index contributed by atoms with van der Waals surface area (Å²) in [6, 6.07) is 2.21. The van der Waals surface area contributed by atoms with Crippen molar-refractivity contribution < 1.29 is 22.7 Å². The molecule has 6 nitrogen and oxygen atoms in total. The molecule has 1 aliphatic rings. The maximum Gasteiger partial charge on any atom is 0.417 e. The molecule has 0 aromatic carbocycles. The number of carbonyl (C=O) groups excluding carboxylic acids is 1. The Hall–Kier alpha value is -1.81. The number of rotatable bonds is 3. The molecular formula is C14H15F3N4O2S. The van der Waals surface area contributed by atoms with Gasteiger partial charge >= 0.3 is 6.18 Å². The number of carbonyl (C=O) groups is 1. The normalized spacial score (nSPS) is 19.0. The van der Waals surface area contributed by atoms with Crippen molar-refractivity contribution in [3.8, 4) is 0 Å². The van der Waals surface area contributed by atoms with E-state index >= 15 is 0 Å². The third-order valence-corrected chi connectivity index (χ3v) is 4.54. The first-order valence-electron chi connectivity index (χ1n) is 7.29. The summed E-state index contributed by atoms with van der Waals surface area (Å²) in [5.41, 5.74) is -0.483. The van der Waals surface area contributed by atoms with Crippen LogP contribution in [0, 0.1) is 0 Å². The molecule has 0 spiro atoms. The maximum absolute atomic E-state index is 12.8. The van der Waals surface area contributed by atoms with E-state index in [2.05, 4.69) is 10.2 Å². The zero-order valence-corrected chi connectivity index (χ0v) is 13.6. The maximum atomic E-state index is 12.8. The van der Waals surface area contributed by atoms with Crippen LogP contribution >= 0.6 is 11.8 Å². The molecule has 0 aliphatic carbocycles. The molecule has 3 heterocycles. The van der Waals surface area contributed by atoms with E-state index in [4.69, 9.17) is 4.74 Å². The predicted molar refractivity (Wildman–Crippen MR) is 80.7 cm³/mol. The van der Waals surface area contributed by atoms with E-state index in [0.717, 1.165) is 24.0 Å². The van der Waals surface area contributed by atoms with Gasteiger partial charge in [0, 0.05) is 19.3 Å². The molecule has 2 aromatic rings. The van der Waals surface area contributed by atoms with Gasteiger partial charge in [-0.25, -0.2) is 0 Å². The van der Waals surface area contributed by atoms with Crippen LogP contribution in [0.1, 0.15) is 12.5 Å². The minimum absolute atomic E-state index is 0.0176. The van der Waals surface area contributed by atoms with Gasteiger partial charge in [0.05, 0.1) is 24.0 Å². The molecule has 0 radical (unpaired) electrons. The lowest BCUT2D eigenvalue weighted by molar-refractivity contribution is -0.138. The zero-order chi connectivity index (χ0) is 17.3. The number of alkyl halides is 3. The minimum atomic E-state index is -4.44. The van der Waals surface area contributed by atoms with E-state index in [1.165, 1.54) is 10.5 Å². The number of pyridine rings is 1. The summed E-state index contributed by atoms with van der Waals surface area (Å²) in [5, 5.41) is 7.94. The molecule has 2 aromatic heterocycles. The van der Waals surface area contributed by atoms with E-state index in [1.807, 2.05) is 6.92 Å². The minimum Gasteiger partial charge on any atom is -0.375 e. The molecule has 1 aliphatic heterocycles. The van der Waals surface area contributed by atoms with Crippen molar-refractivity contribution in [2.45, 2.75) is 24.4 Å². The van der Waals surface area contributed by atoms with Crippen LogP contribution in [0.25, 0.3) is 5.65 Å². The molecule has 1 fully saturated rings. The average Bonchev–Trinajstić information content (AvgIpc) is 2.94. The van der Waals surface area contributed by atoms with Crippen LogP contribution in [0.2, 0.25) is 0 Å². The fourth-order valence-electron chi connectivity index (χ4n) is 2.40. The van der Waals surface area contributed by atoms with Gasteiger partial charge < -0.3 is 9.64 Å². The fourth-order valence-corrected chi connectivity index (χ4v) is 3.22. The highest BCUT2D eigenvalue weighted by Crippen LogP contribution is 2.30. The number of morpholine rings is 1. The van der Waals surface area contributed by atoms with Crippen molar-refractivity contribution in [3.63, 3.8) is 0 Å².